The van der Waals surface area contributed by atoms with Gasteiger partial charge in [-0.2, -0.15) is 0 Å². The molecule has 1 saturated heterocycles. The van der Waals surface area contributed by atoms with Gasteiger partial charge in [-0.15, -0.1) is 0 Å². The van der Waals surface area contributed by atoms with Crippen LogP contribution in [0.4, 0.5) is 0 Å². The maximum atomic E-state index is 13.6. The predicted octanol–water partition coefficient (Wildman–Crippen LogP) is 5.66. The fraction of sp³-hybridized carbons (Fsp3) is 0.321. The first kappa shape index (κ1) is 16.9. The molecule has 2 aliphatic carbocycles. The lowest BCUT2D eigenvalue weighted by atomic mass is 9.58. The summed E-state index contributed by atoms with van der Waals surface area (Å²) in [6.07, 6.45) is 1.71. The van der Waals surface area contributed by atoms with E-state index in [1.165, 1.54) is 44.5 Å². The summed E-state index contributed by atoms with van der Waals surface area (Å²) in [5.41, 5.74) is 11.0. The van der Waals surface area contributed by atoms with Crippen LogP contribution in [0.2, 0.25) is 0 Å². The normalized spacial score (nSPS) is 29.7. The van der Waals surface area contributed by atoms with E-state index in [0.29, 0.717) is 24.2 Å². The minimum atomic E-state index is -0.246. The smallest absolute Gasteiger partial charge is 0.224 e. The molecule has 0 aromatic heterocycles. The molecule has 30 heavy (non-hydrogen) atoms. The summed E-state index contributed by atoms with van der Waals surface area (Å²) in [6.45, 7) is 5.20. The van der Waals surface area contributed by atoms with Crippen molar-refractivity contribution in [2.24, 2.45) is 0 Å². The van der Waals surface area contributed by atoms with Crippen LogP contribution in [0.1, 0.15) is 75.1 Å². The van der Waals surface area contributed by atoms with Crippen LogP contribution in [0, 0.1) is 13.8 Å². The zero-order valence-electron chi connectivity index (χ0n) is 17.5. The first-order valence-electron chi connectivity index (χ1n) is 11.2. The summed E-state index contributed by atoms with van der Waals surface area (Å²) in [5, 5.41) is 0. The number of fused-ring (bicyclic) bond motifs is 5. The highest BCUT2D eigenvalue weighted by molar-refractivity contribution is 5.85. The SMILES string of the molecule is Cc1cc(C)c2c(c1)CN1C(=O)C[C@@H]3c4ccccc4[C@@H]4C[C@@H]2[C@@]31c1ccccc14. The van der Waals surface area contributed by atoms with Gasteiger partial charge in [-0.05, 0) is 59.2 Å². The second-order valence-corrected chi connectivity index (χ2v) is 9.77. The average Bonchev–Trinajstić information content (AvgIpc) is 2.92. The summed E-state index contributed by atoms with van der Waals surface area (Å²) < 4.78 is 0. The standard InChI is InChI=1S/C28H25NO/c1-16-11-17(2)27-18(12-16)15-29-26(30)14-24-20-8-4-3-7-19(20)22-13-25(27)28(24,29)23-10-6-5-9-21(22)23/h3-12,22,24-25H,13-15H2,1-2H3/t22-,24+,25-,28+/m0/s1. The van der Waals surface area contributed by atoms with Crippen molar-refractivity contribution in [2.45, 2.75) is 56.5 Å². The molecule has 1 amide bonds. The summed E-state index contributed by atoms with van der Waals surface area (Å²) in [5.74, 6) is 1.31. The third kappa shape index (κ3) is 1.76. The maximum absolute atomic E-state index is 13.6. The Labute approximate surface area is 177 Å². The Balaban J connectivity index is 1.64. The summed E-state index contributed by atoms with van der Waals surface area (Å²) in [6, 6.07) is 22.6. The van der Waals surface area contributed by atoms with Crippen molar-refractivity contribution in [3.63, 3.8) is 0 Å². The molecule has 3 aromatic rings. The lowest BCUT2D eigenvalue weighted by molar-refractivity contribution is -0.134. The molecule has 0 saturated carbocycles. The molecule has 0 radical (unpaired) electrons. The number of nitrogens with zero attached hydrogens (tertiary/aromatic N) is 1. The van der Waals surface area contributed by atoms with Crippen molar-refractivity contribution < 1.29 is 4.79 Å². The lowest BCUT2D eigenvalue weighted by Crippen LogP contribution is -2.54. The second-order valence-electron chi connectivity index (χ2n) is 9.77. The van der Waals surface area contributed by atoms with Gasteiger partial charge in [-0.3, -0.25) is 4.79 Å². The fourth-order valence-corrected chi connectivity index (χ4v) is 7.71. The average molecular weight is 392 g/mol. The van der Waals surface area contributed by atoms with E-state index in [0.717, 1.165) is 13.0 Å². The topological polar surface area (TPSA) is 20.3 Å². The van der Waals surface area contributed by atoms with Crippen LogP contribution in [0.25, 0.3) is 0 Å². The lowest BCUT2D eigenvalue weighted by Gasteiger charge is -2.55. The van der Waals surface area contributed by atoms with Crippen LogP contribution in [0.3, 0.4) is 0 Å². The van der Waals surface area contributed by atoms with E-state index in [4.69, 9.17) is 0 Å². The molecule has 0 N–H and O–H groups in total. The number of aryl methyl sites for hydroxylation is 2. The van der Waals surface area contributed by atoms with Crippen molar-refractivity contribution in [1.82, 2.24) is 4.90 Å². The number of carbonyl (C=O) groups is 1. The third-order valence-electron chi connectivity index (χ3n) is 8.47. The summed E-state index contributed by atoms with van der Waals surface area (Å²) in [4.78, 5) is 15.8. The molecule has 1 fully saturated rings. The van der Waals surface area contributed by atoms with E-state index in [-0.39, 0.29) is 11.5 Å². The van der Waals surface area contributed by atoms with Crippen LogP contribution < -0.4 is 0 Å². The minimum Gasteiger partial charge on any atom is -0.327 e. The highest BCUT2D eigenvalue weighted by atomic mass is 16.2. The number of rotatable bonds is 0. The van der Waals surface area contributed by atoms with Gasteiger partial charge in [-0.25, -0.2) is 0 Å². The quantitative estimate of drug-likeness (QED) is 0.484. The molecule has 2 aliphatic heterocycles. The van der Waals surface area contributed by atoms with Crippen LogP contribution in [-0.2, 0) is 16.9 Å². The molecule has 1 spiro atoms. The maximum Gasteiger partial charge on any atom is 0.224 e. The molecule has 2 heteroatoms. The summed E-state index contributed by atoms with van der Waals surface area (Å²) in [7, 11) is 0. The molecule has 7 rings (SSSR count). The van der Waals surface area contributed by atoms with Crippen LogP contribution in [0.5, 0.6) is 0 Å². The predicted molar refractivity (Wildman–Crippen MR) is 118 cm³/mol. The van der Waals surface area contributed by atoms with Gasteiger partial charge in [0.15, 0.2) is 0 Å². The van der Waals surface area contributed by atoms with Gasteiger partial charge in [0.05, 0.1) is 5.54 Å². The Hall–Kier alpha value is -2.87. The molecule has 2 bridgehead atoms. The minimum absolute atomic E-state index is 0.230. The van der Waals surface area contributed by atoms with Gasteiger partial charge < -0.3 is 4.90 Å². The van der Waals surface area contributed by atoms with E-state index < -0.39 is 0 Å². The molecule has 2 heterocycles. The Kier molecular flexibility index (Phi) is 3.05. The number of amides is 1. The first-order valence-corrected chi connectivity index (χ1v) is 11.2. The largest absolute Gasteiger partial charge is 0.327 e. The highest BCUT2D eigenvalue weighted by Gasteiger charge is 2.65. The Morgan fingerprint density at radius 2 is 1.63 bits per heavy atom. The fourth-order valence-electron chi connectivity index (χ4n) is 7.71. The molecular formula is C28H25NO. The van der Waals surface area contributed by atoms with Crippen molar-refractivity contribution in [1.29, 1.82) is 0 Å². The van der Waals surface area contributed by atoms with Crippen molar-refractivity contribution in [3.8, 4) is 0 Å². The van der Waals surface area contributed by atoms with E-state index in [1.807, 2.05) is 0 Å². The first-order chi connectivity index (χ1) is 14.6. The molecule has 148 valence electrons. The molecule has 3 aromatic carbocycles. The van der Waals surface area contributed by atoms with Crippen molar-refractivity contribution in [3.05, 3.63) is 105 Å². The summed E-state index contributed by atoms with van der Waals surface area (Å²) >= 11 is 0. The molecule has 4 atom stereocenters. The number of benzene rings is 3. The number of hydrogen-bond acceptors (Lipinski definition) is 1. The zero-order chi connectivity index (χ0) is 20.2. The number of hydrogen-bond donors (Lipinski definition) is 0. The molecule has 2 nitrogen and oxygen atoms in total. The molecule has 0 unspecified atom stereocenters. The van der Waals surface area contributed by atoms with Crippen LogP contribution in [-0.4, -0.2) is 10.8 Å². The Morgan fingerprint density at radius 3 is 2.47 bits per heavy atom. The third-order valence-corrected chi connectivity index (χ3v) is 8.47. The van der Waals surface area contributed by atoms with Gasteiger partial charge in [0.2, 0.25) is 5.91 Å². The zero-order valence-corrected chi connectivity index (χ0v) is 17.5. The van der Waals surface area contributed by atoms with E-state index >= 15 is 0 Å². The van der Waals surface area contributed by atoms with Crippen LogP contribution >= 0.6 is 0 Å². The van der Waals surface area contributed by atoms with Gasteiger partial charge in [0.25, 0.3) is 0 Å². The van der Waals surface area contributed by atoms with Gasteiger partial charge >= 0.3 is 0 Å². The molecule has 4 aliphatic rings. The van der Waals surface area contributed by atoms with E-state index in [2.05, 4.69) is 79.4 Å². The van der Waals surface area contributed by atoms with Crippen LogP contribution in [0.15, 0.2) is 60.7 Å². The Bertz CT molecular complexity index is 1260. The second kappa shape index (κ2) is 5.43. The molecular weight excluding hydrogens is 366 g/mol. The monoisotopic (exact) mass is 391 g/mol. The van der Waals surface area contributed by atoms with Gasteiger partial charge in [0, 0.05) is 30.7 Å². The van der Waals surface area contributed by atoms with Crippen molar-refractivity contribution >= 4 is 5.91 Å². The number of carbonyl (C=O) groups excluding carboxylic acids is 1. The Morgan fingerprint density at radius 1 is 0.900 bits per heavy atom. The van der Waals surface area contributed by atoms with Crippen molar-refractivity contribution in [2.75, 3.05) is 0 Å². The van der Waals surface area contributed by atoms with Gasteiger partial charge in [-0.1, -0.05) is 66.2 Å². The highest BCUT2D eigenvalue weighted by Crippen LogP contribution is 2.69. The van der Waals surface area contributed by atoms with E-state index in [9.17, 15) is 4.79 Å². The van der Waals surface area contributed by atoms with Gasteiger partial charge in [0.1, 0.15) is 0 Å². The van der Waals surface area contributed by atoms with E-state index in [1.54, 1.807) is 0 Å².